The number of rotatable bonds is 2. The van der Waals surface area contributed by atoms with E-state index in [1.54, 1.807) is 12.1 Å². The summed E-state index contributed by atoms with van der Waals surface area (Å²) in [5.74, 6) is -0.173. The van der Waals surface area contributed by atoms with Gasteiger partial charge in [0.2, 0.25) is 0 Å². The van der Waals surface area contributed by atoms with Crippen molar-refractivity contribution in [1.29, 1.82) is 0 Å². The molecule has 0 atom stereocenters. The summed E-state index contributed by atoms with van der Waals surface area (Å²) in [6, 6.07) is 15.7. The molecule has 0 radical (unpaired) electrons. The number of halogens is 1. The fourth-order valence-electron chi connectivity index (χ4n) is 3.19. The second-order valence-electron chi connectivity index (χ2n) is 6.85. The first kappa shape index (κ1) is 14.1. The zero-order chi connectivity index (χ0) is 15.0. The third kappa shape index (κ3) is 2.92. The van der Waals surface area contributed by atoms with Crippen LogP contribution in [0.5, 0.6) is 0 Å². The van der Waals surface area contributed by atoms with Gasteiger partial charge in [0.15, 0.2) is 0 Å². The lowest BCUT2D eigenvalue weighted by Crippen LogP contribution is -2.05. The summed E-state index contributed by atoms with van der Waals surface area (Å²) in [6.45, 7) is 6.72. The number of aryl methyl sites for hydroxylation is 1. The summed E-state index contributed by atoms with van der Waals surface area (Å²) >= 11 is 0. The highest BCUT2D eigenvalue weighted by molar-refractivity contribution is 5.93. The van der Waals surface area contributed by atoms with Crippen molar-refractivity contribution in [2.45, 2.75) is 33.6 Å². The largest absolute Gasteiger partial charge is 0.207 e. The maximum Gasteiger partial charge on any atom is 0.123 e. The van der Waals surface area contributed by atoms with Crippen molar-refractivity contribution in [3.8, 4) is 0 Å². The molecule has 1 heteroatoms. The Morgan fingerprint density at radius 3 is 1.67 bits per heavy atom. The quantitative estimate of drug-likeness (QED) is 0.646. The Labute approximate surface area is 126 Å². The first-order valence-corrected chi connectivity index (χ1v) is 7.50. The van der Waals surface area contributed by atoms with Gasteiger partial charge in [0.05, 0.1) is 0 Å². The minimum absolute atomic E-state index is 0.173. The van der Waals surface area contributed by atoms with Gasteiger partial charge in [-0.1, -0.05) is 55.8 Å². The van der Waals surface area contributed by atoms with Gasteiger partial charge in [-0.2, -0.15) is 0 Å². The van der Waals surface area contributed by atoms with Crippen LogP contribution in [0.3, 0.4) is 0 Å². The molecule has 0 heterocycles. The van der Waals surface area contributed by atoms with Gasteiger partial charge >= 0.3 is 0 Å². The van der Waals surface area contributed by atoms with Crippen molar-refractivity contribution in [2.75, 3.05) is 0 Å². The summed E-state index contributed by atoms with van der Waals surface area (Å²) in [7, 11) is 0. The van der Waals surface area contributed by atoms with Gasteiger partial charge in [-0.25, -0.2) is 4.39 Å². The number of allylic oxidation sites excluding steroid dienone is 2. The van der Waals surface area contributed by atoms with Crippen LogP contribution in [0.4, 0.5) is 4.39 Å². The number of benzene rings is 2. The first-order chi connectivity index (χ1) is 9.94. The van der Waals surface area contributed by atoms with Gasteiger partial charge in [0.1, 0.15) is 5.82 Å². The van der Waals surface area contributed by atoms with E-state index < -0.39 is 0 Å². The Bertz CT molecular complexity index is 613. The Morgan fingerprint density at radius 1 is 0.762 bits per heavy atom. The van der Waals surface area contributed by atoms with E-state index in [0.717, 1.165) is 18.4 Å². The summed E-state index contributed by atoms with van der Waals surface area (Å²) in [4.78, 5) is 0. The molecule has 0 N–H and O–H groups in total. The van der Waals surface area contributed by atoms with Crippen molar-refractivity contribution in [3.05, 3.63) is 71.0 Å². The molecule has 0 spiro atoms. The average molecular weight is 280 g/mol. The molecule has 1 aliphatic rings. The Hall–Kier alpha value is -1.89. The average Bonchev–Trinajstić information content (AvgIpc) is 2.76. The van der Waals surface area contributed by atoms with Crippen LogP contribution in [0.1, 0.15) is 43.4 Å². The van der Waals surface area contributed by atoms with Crippen molar-refractivity contribution in [3.63, 3.8) is 0 Å². The second-order valence-corrected chi connectivity index (χ2v) is 6.85. The van der Waals surface area contributed by atoms with E-state index in [-0.39, 0.29) is 11.2 Å². The molecule has 0 amide bonds. The molecule has 108 valence electrons. The highest BCUT2D eigenvalue weighted by Gasteiger charge is 2.31. The van der Waals surface area contributed by atoms with Crippen LogP contribution >= 0.6 is 0 Å². The summed E-state index contributed by atoms with van der Waals surface area (Å²) in [5.41, 5.74) is 6.77. The molecule has 0 saturated carbocycles. The van der Waals surface area contributed by atoms with Crippen LogP contribution in [0.25, 0.3) is 11.1 Å². The van der Waals surface area contributed by atoms with Crippen LogP contribution in [-0.2, 0) is 0 Å². The molecule has 1 aliphatic carbocycles. The fourth-order valence-corrected chi connectivity index (χ4v) is 3.19. The van der Waals surface area contributed by atoms with Crippen molar-refractivity contribution >= 4 is 11.1 Å². The molecule has 0 fully saturated rings. The molecule has 2 aromatic carbocycles. The first-order valence-electron chi connectivity index (χ1n) is 7.50. The van der Waals surface area contributed by atoms with Crippen LogP contribution in [0, 0.1) is 18.2 Å². The Morgan fingerprint density at radius 2 is 1.19 bits per heavy atom. The second kappa shape index (κ2) is 5.14. The molecule has 0 aromatic heterocycles. The van der Waals surface area contributed by atoms with Gasteiger partial charge in [0, 0.05) is 0 Å². The SMILES string of the molecule is Cc1ccc(C2=C(c3ccc(F)cc3)CC(C)(C)C2)cc1. The minimum Gasteiger partial charge on any atom is -0.207 e. The molecule has 0 aliphatic heterocycles. The zero-order valence-corrected chi connectivity index (χ0v) is 12.9. The molecule has 21 heavy (non-hydrogen) atoms. The van der Waals surface area contributed by atoms with E-state index in [2.05, 4.69) is 45.0 Å². The van der Waals surface area contributed by atoms with Crippen LogP contribution in [-0.4, -0.2) is 0 Å². The van der Waals surface area contributed by atoms with Crippen LogP contribution < -0.4 is 0 Å². The lowest BCUT2D eigenvalue weighted by molar-refractivity contribution is 0.406. The van der Waals surface area contributed by atoms with Crippen LogP contribution in [0.15, 0.2) is 48.5 Å². The molecule has 0 unspecified atom stereocenters. The van der Waals surface area contributed by atoms with Crippen molar-refractivity contribution in [2.24, 2.45) is 5.41 Å². The van der Waals surface area contributed by atoms with Gasteiger partial charge in [-0.15, -0.1) is 0 Å². The minimum atomic E-state index is -0.173. The smallest absolute Gasteiger partial charge is 0.123 e. The summed E-state index contributed by atoms with van der Waals surface area (Å²) in [5, 5.41) is 0. The number of hydrogen-bond acceptors (Lipinski definition) is 0. The van der Waals surface area contributed by atoms with Crippen molar-refractivity contribution in [1.82, 2.24) is 0 Å². The predicted molar refractivity (Wildman–Crippen MR) is 87.4 cm³/mol. The molecule has 3 rings (SSSR count). The molecular formula is C20H21F. The standard InChI is InChI=1S/C20H21F/c1-14-4-6-15(7-5-14)18-12-20(2,3)13-19(18)16-8-10-17(21)11-9-16/h4-11H,12-13H2,1-3H3. The maximum atomic E-state index is 13.2. The van der Waals surface area contributed by atoms with Gasteiger partial charge in [-0.05, 0) is 59.6 Å². The van der Waals surface area contributed by atoms with Gasteiger partial charge in [0.25, 0.3) is 0 Å². The highest BCUT2D eigenvalue weighted by atomic mass is 19.1. The van der Waals surface area contributed by atoms with E-state index >= 15 is 0 Å². The van der Waals surface area contributed by atoms with E-state index in [1.165, 1.54) is 22.3 Å². The van der Waals surface area contributed by atoms with Gasteiger partial charge in [-0.3, -0.25) is 0 Å². The molecule has 2 aromatic rings. The van der Waals surface area contributed by atoms with Gasteiger partial charge < -0.3 is 0 Å². The lowest BCUT2D eigenvalue weighted by atomic mass is 9.87. The predicted octanol–water partition coefficient (Wildman–Crippen LogP) is 5.86. The van der Waals surface area contributed by atoms with Crippen molar-refractivity contribution < 1.29 is 4.39 Å². The number of hydrogen-bond donors (Lipinski definition) is 0. The highest BCUT2D eigenvalue weighted by Crippen LogP contribution is 2.49. The molecule has 0 saturated heterocycles. The Kier molecular flexibility index (Phi) is 3.44. The third-order valence-corrected chi connectivity index (χ3v) is 4.27. The zero-order valence-electron chi connectivity index (χ0n) is 12.9. The topological polar surface area (TPSA) is 0 Å². The molecular weight excluding hydrogens is 259 g/mol. The van der Waals surface area contributed by atoms with E-state index in [0.29, 0.717) is 0 Å². The monoisotopic (exact) mass is 280 g/mol. The molecule has 0 bridgehead atoms. The summed E-state index contributed by atoms with van der Waals surface area (Å²) < 4.78 is 13.2. The Balaban J connectivity index is 2.09. The fraction of sp³-hybridized carbons (Fsp3) is 0.300. The lowest BCUT2D eigenvalue weighted by Gasteiger charge is -2.17. The van der Waals surface area contributed by atoms with E-state index in [9.17, 15) is 4.39 Å². The van der Waals surface area contributed by atoms with Crippen LogP contribution in [0.2, 0.25) is 0 Å². The molecule has 0 nitrogen and oxygen atoms in total. The summed E-state index contributed by atoms with van der Waals surface area (Å²) in [6.07, 6.45) is 2.12. The third-order valence-electron chi connectivity index (χ3n) is 4.27. The maximum absolute atomic E-state index is 13.2. The van der Waals surface area contributed by atoms with E-state index in [4.69, 9.17) is 0 Å². The normalized spacial score (nSPS) is 17.3. The van der Waals surface area contributed by atoms with E-state index in [1.807, 2.05) is 12.1 Å².